The topological polar surface area (TPSA) is 118 Å². The number of benzene rings is 2. The third-order valence-corrected chi connectivity index (χ3v) is 10.0. The molecule has 1 fully saturated rings. The summed E-state index contributed by atoms with van der Waals surface area (Å²) in [5.41, 5.74) is 4.42. The van der Waals surface area contributed by atoms with Gasteiger partial charge in [-0.25, -0.2) is 23.1 Å². The standard InChI is InChI=1S/C37H44N6O4S/c1-24-11-8-12-25(2)33(24)30-18-32-40-35(39-30)41-48(45,46)29-15-9-13-26(17-29)34(44)43(28(21-47-32)19-36(3,4)5)20-27-14-10-16-31(38-27)42-22-37(6,7)23-42/h8-18,28H,19-23H2,1-7H3,(H,39,40,41)/t28-/m1/s1. The Morgan fingerprint density at radius 1 is 0.938 bits per heavy atom. The van der Waals surface area contributed by atoms with Crippen LogP contribution in [0.25, 0.3) is 11.3 Å². The average molecular weight is 669 g/mol. The summed E-state index contributed by atoms with van der Waals surface area (Å²) in [4.78, 5) is 32.5. The molecule has 2 aliphatic rings. The highest BCUT2D eigenvalue weighted by Crippen LogP contribution is 2.34. The van der Waals surface area contributed by atoms with Crippen molar-refractivity contribution in [3.8, 4) is 17.1 Å². The van der Waals surface area contributed by atoms with E-state index in [1.54, 1.807) is 23.1 Å². The molecule has 6 rings (SSSR count). The Bertz CT molecular complexity index is 1940. The lowest BCUT2D eigenvalue weighted by Gasteiger charge is -2.46. The summed E-state index contributed by atoms with van der Waals surface area (Å²) in [6.45, 7) is 17.0. The van der Waals surface area contributed by atoms with Gasteiger partial charge in [0.1, 0.15) is 12.4 Å². The molecule has 11 heteroatoms. The number of anilines is 2. The molecule has 48 heavy (non-hydrogen) atoms. The second kappa shape index (κ2) is 12.5. The molecule has 2 aliphatic heterocycles. The quantitative estimate of drug-likeness (QED) is 0.252. The van der Waals surface area contributed by atoms with Crippen LogP contribution in [0.15, 0.2) is 71.6 Å². The van der Waals surface area contributed by atoms with E-state index in [1.807, 2.05) is 50.2 Å². The van der Waals surface area contributed by atoms with Crippen LogP contribution in [-0.4, -0.2) is 59.9 Å². The van der Waals surface area contributed by atoms with Crippen molar-refractivity contribution < 1.29 is 17.9 Å². The van der Waals surface area contributed by atoms with Crippen LogP contribution in [0.3, 0.4) is 0 Å². The number of amides is 1. The molecule has 0 unspecified atom stereocenters. The molecular formula is C37H44N6O4S. The third-order valence-electron chi connectivity index (χ3n) is 8.72. The van der Waals surface area contributed by atoms with Crippen molar-refractivity contribution in [2.75, 3.05) is 29.3 Å². The Labute approximate surface area is 283 Å². The number of carbonyl (C=O) groups is 1. The highest BCUT2D eigenvalue weighted by molar-refractivity contribution is 7.92. The number of fused-ring (bicyclic) bond motifs is 4. The van der Waals surface area contributed by atoms with Crippen LogP contribution in [-0.2, 0) is 16.6 Å². The Kier molecular flexibility index (Phi) is 8.70. The molecular weight excluding hydrogens is 625 g/mol. The second-order valence-electron chi connectivity index (χ2n) is 15.0. The summed E-state index contributed by atoms with van der Waals surface area (Å²) < 4.78 is 36.3. The number of aryl methyl sites for hydroxylation is 2. The van der Waals surface area contributed by atoms with E-state index in [1.165, 1.54) is 12.1 Å². The normalized spacial score (nSPS) is 18.8. The number of carbonyl (C=O) groups excluding carboxylic acids is 1. The van der Waals surface area contributed by atoms with E-state index in [4.69, 9.17) is 9.72 Å². The van der Waals surface area contributed by atoms with Crippen molar-refractivity contribution in [2.24, 2.45) is 10.8 Å². The van der Waals surface area contributed by atoms with Gasteiger partial charge in [0.25, 0.3) is 15.9 Å². The zero-order valence-electron chi connectivity index (χ0n) is 28.7. The summed E-state index contributed by atoms with van der Waals surface area (Å²) in [5.74, 6) is 0.662. The first-order valence-corrected chi connectivity index (χ1v) is 17.8. The molecule has 1 amide bonds. The van der Waals surface area contributed by atoms with Crippen LogP contribution >= 0.6 is 0 Å². The number of ether oxygens (including phenoxy) is 1. The van der Waals surface area contributed by atoms with E-state index >= 15 is 0 Å². The van der Waals surface area contributed by atoms with Crippen LogP contribution < -0.4 is 14.4 Å². The van der Waals surface area contributed by atoms with Crippen molar-refractivity contribution in [2.45, 2.75) is 72.4 Å². The van der Waals surface area contributed by atoms with Gasteiger partial charge in [0.05, 0.1) is 28.9 Å². The monoisotopic (exact) mass is 668 g/mol. The van der Waals surface area contributed by atoms with Crippen LogP contribution in [0.5, 0.6) is 5.88 Å². The minimum absolute atomic E-state index is 0.0658. The maximum absolute atomic E-state index is 14.5. The molecule has 0 aliphatic carbocycles. The largest absolute Gasteiger partial charge is 0.475 e. The number of rotatable bonds is 5. The second-order valence-corrected chi connectivity index (χ2v) is 16.7. The Morgan fingerprint density at radius 3 is 2.31 bits per heavy atom. The Morgan fingerprint density at radius 2 is 1.62 bits per heavy atom. The number of nitrogens with zero attached hydrogens (tertiary/aromatic N) is 5. The molecule has 0 saturated carbocycles. The summed E-state index contributed by atoms with van der Waals surface area (Å²) in [6.07, 6.45) is 0.608. The third kappa shape index (κ3) is 7.31. The lowest BCUT2D eigenvalue weighted by Crippen LogP contribution is -2.53. The van der Waals surface area contributed by atoms with Gasteiger partial charge in [0.15, 0.2) is 0 Å². The fourth-order valence-electron chi connectivity index (χ4n) is 6.60. The molecule has 0 spiro atoms. The summed E-state index contributed by atoms with van der Waals surface area (Å²) in [6, 6.07) is 19.3. The fraction of sp³-hybridized carbons (Fsp3) is 0.405. The van der Waals surface area contributed by atoms with Gasteiger partial charge >= 0.3 is 0 Å². The van der Waals surface area contributed by atoms with Crippen molar-refractivity contribution in [3.63, 3.8) is 0 Å². The lowest BCUT2D eigenvalue weighted by atomic mass is 9.84. The van der Waals surface area contributed by atoms with E-state index in [-0.39, 0.29) is 52.2 Å². The van der Waals surface area contributed by atoms with Gasteiger partial charge in [0, 0.05) is 30.3 Å². The number of sulfonamides is 1. The predicted molar refractivity (Wildman–Crippen MR) is 188 cm³/mol. The van der Waals surface area contributed by atoms with E-state index < -0.39 is 16.1 Å². The van der Waals surface area contributed by atoms with Gasteiger partial charge in [-0.1, -0.05) is 65.0 Å². The van der Waals surface area contributed by atoms with E-state index in [0.717, 1.165) is 41.3 Å². The first-order chi connectivity index (χ1) is 22.6. The maximum atomic E-state index is 14.5. The number of pyridine rings is 1. The zero-order valence-corrected chi connectivity index (χ0v) is 29.6. The Balaban J connectivity index is 1.46. The smallest absolute Gasteiger partial charge is 0.264 e. The Hall–Kier alpha value is -4.51. The zero-order chi connectivity index (χ0) is 34.4. The first-order valence-electron chi connectivity index (χ1n) is 16.3. The van der Waals surface area contributed by atoms with Crippen LogP contribution in [0.4, 0.5) is 11.8 Å². The summed E-state index contributed by atoms with van der Waals surface area (Å²) in [7, 11) is -4.16. The minimum atomic E-state index is -4.16. The van der Waals surface area contributed by atoms with Gasteiger partial charge < -0.3 is 14.5 Å². The molecule has 2 aromatic carbocycles. The minimum Gasteiger partial charge on any atom is -0.475 e. The number of hydrogen-bond donors (Lipinski definition) is 1. The van der Waals surface area contributed by atoms with Crippen molar-refractivity contribution >= 4 is 27.7 Å². The van der Waals surface area contributed by atoms with E-state index in [9.17, 15) is 13.2 Å². The first kappa shape index (κ1) is 33.4. The number of hydrogen-bond acceptors (Lipinski definition) is 8. The molecule has 0 radical (unpaired) electrons. The van der Waals surface area contributed by atoms with Gasteiger partial charge in [-0.05, 0) is 72.6 Å². The molecule has 2 aromatic heterocycles. The van der Waals surface area contributed by atoms with Gasteiger partial charge in [-0.3, -0.25) is 4.79 Å². The van der Waals surface area contributed by atoms with E-state index in [2.05, 4.69) is 54.2 Å². The predicted octanol–water partition coefficient (Wildman–Crippen LogP) is 6.64. The molecule has 4 aromatic rings. The average Bonchev–Trinajstić information content (AvgIpc) is 2.99. The number of aromatic nitrogens is 3. The molecule has 1 atom stereocenters. The van der Waals surface area contributed by atoms with Gasteiger partial charge in [-0.15, -0.1) is 0 Å². The maximum Gasteiger partial charge on any atom is 0.264 e. The lowest BCUT2D eigenvalue weighted by molar-refractivity contribution is 0.0509. The van der Waals surface area contributed by atoms with Crippen molar-refractivity contribution in [1.29, 1.82) is 0 Å². The molecule has 4 heterocycles. The molecule has 4 bridgehead atoms. The number of nitrogens with one attached hydrogen (secondary N) is 1. The molecule has 10 nitrogen and oxygen atoms in total. The fourth-order valence-corrected chi connectivity index (χ4v) is 7.59. The van der Waals surface area contributed by atoms with E-state index in [0.29, 0.717) is 12.1 Å². The van der Waals surface area contributed by atoms with Crippen LogP contribution in [0, 0.1) is 24.7 Å². The SMILES string of the molecule is Cc1cccc(C)c1-c1cc2nc(n1)NS(=O)(=O)c1cccc(c1)C(=O)N(Cc1cccc(N3CC(C)(C)C3)n1)[C@H](CC(C)(C)C)CO2. The van der Waals surface area contributed by atoms with Crippen molar-refractivity contribution in [3.05, 3.63) is 89.1 Å². The van der Waals surface area contributed by atoms with Crippen molar-refractivity contribution in [1.82, 2.24) is 19.9 Å². The highest BCUT2D eigenvalue weighted by Gasteiger charge is 2.36. The summed E-state index contributed by atoms with van der Waals surface area (Å²) in [5, 5.41) is 0. The van der Waals surface area contributed by atoms with Crippen LogP contribution in [0.2, 0.25) is 0 Å². The molecule has 1 N–H and O–H groups in total. The van der Waals surface area contributed by atoms with Gasteiger partial charge in [0.2, 0.25) is 11.8 Å². The van der Waals surface area contributed by atoms with Crippen LogP contribution in [0.1, 0.15) is 68.2 Å². The van der Waals surface area contributed by atoms with Gasteiger partial charge in [-0.2, -0.15) is 4.98 Å². The molecule has 1 saturated heterocycles. The summed E-state index contributed by atoms with van der Waals surface area (Å²) >= 11 is 0. The highest BCUT2D eigenvalue weighted by atomic mass is 32.2. The molecule has 252 valence electrons.